The van der Waals surface area contributed by atoms with Crippen molar-refractivity contribution in [2.45, 2.75) is 25.8 Å². The highest BCUT2D eigenvalue weighted by atomic mass is 35.5. The first-order valence-corrected chi connectivity index (χ1v) is 12.5. The Morgan fingerprint density at radius 3 is 2.37 bits per heavy atom. The van der Waals surface area contributed by atoms with Gasteiger partial charge in [0.1, 0.15) is 0 Å². The van der Waals surface area contributed by atoms with Crippen LogP contribution in [0.3, 0.4) is 0 Å². The number of amides is 3. The normalized spacial score (nSPS) is 15.0. The molecular formula is C27H26Cl2N4O2. The van der Waals surface area contributed by atoms with Crippen LogP contribution in [0.4, 0.5) is 21.9 Å². The number of nitrogens with zero attached hydrogens (tertiary/aromatic N) is 2. The van der Waals surface area contributed by atoms with E-state index < -0.39 is 6.03 Å². The molecule has 0 saturated carbocycles. The smallest absolute Gasteiger partial charge is 0.323 e. The summed E-state index contributed by atoms with van der Waals surface area (Å²) in [4.78, 5) is 30.3. The van der Waals surface area contributed by atoms with Crippen molar-refractivity contribution in [2.75, 3.05) is 35.2 Å². The Kier molecular flexibility index (Phi) is 6.84. The first kappa shape index (κ1) is 23.5. The molecule has 8 heteroatoms. The third-order valence-electron chi connectivity index (χ3n) is 6.53. The summed E-state index contributed by atoms with van der Waals surface area (Å²) in [5.74, 6) is 0.00108. The Balaban J connectivity index is 1.40. The highest BCUT2D eigenvalue weighted by Crippen LogP contribution is 2.31. The van der Waals surface area contributed by atoms with Gasteiger partial charge < -0.3 is 20.4 Å². The summed E-state index contributed by atoms with van der Waals surface area (Å²) in [7, 11) is 0. The number of carbonyl (C=O) groups excluding carboxylic acids is 2. The molecule has 0 spiro atoms. The van der Waals surface area contributed by atoms with Crippen LogP contribution >= 0.6 is 23.2 Å². The number of benzene rings is 3. The van der Waals surface area contributed by atoms with Crippen LogP contribution in [0.15, 0.2) is 60.7 Å². The molecule has 0 bridgehead atoms. The number of anilines is 3. The minimum absolute atomic E-state index is 0.00108. The van der Waals surface area contributed by atoms with E-state index in [1.165, 1.54) is 11.1 Å². The van der Waals surface area contributed by atoms with E-state index in [1.807, 2.05) is 17.0 Å². The van der Waals surface area contributed by atoms with Crippen molar-refractivity contribution >= 4 is 52.2 Å². The van der Waals surface area contributed by atoms with Crippen LogP contribution in [-0.2, 0) is 13.0 Å². The lowest BCUT2D eigenvalue weighted by atomic mass is 9.98. The molecule has 35 heavy (non-hydrogen) atoms. The number of urea groups is 1. The number of hydrogen-bond donors (Lipinski definition) is 2. The van der Waals surface area contributed by atoms with Crippen molar-refractivity contribution in [2.24, 2.45) is 0 Å². The van der Waals surface area contributed by atoms with Crippen molar-refractivity contribution in [3.63, 3.8) is 0 Å². The quantitative estimate of drug-likeness (QED) is 0.426. The van der Waals surface area contributed by atoms with Gasteiger partial charge in [0, 0.05) is 42.6 Å². The SMILES string of the molecule is O=C(Nc1ccc(N2CCc3ccccc3C2)c(C(=O)N2CCCC2)c1)Nc1ccc(Cl)cc1Cl. The van der Waals surface area contributed by atoms with E-state index in [9.17, 15) is 9.59 Å². The molecule has 2 N–H and O–H groups in total. The molecule has 2 aliphatic rings. The fraction of sp³-hybridized carbons (Fsp3) is 0.259. The lowest BCUT2D eigenvalue weighted by Crippen LogP contribution is -2.34. The molecule has 5 rings (SSSR count). The van der Waals surface area contributed by atoms with Crippen molar-refractivity contribution in [1.82, 2.24) is 4.90 Å². The number of rotatable bonds is 4. The molecule has 2 aliphatic heterocycles. The first-order valence-electron chi connectivity index (χ1n) is 11.8. The summed E-state index contributed by atoms with van der Waals surface area (Å²) in [5.41, 5.74) is 5.12. The predicted octanol–water partition coefficient (Wildman–Crippen LogP) is 6.44. The average Bonchev–Trinajstić information content (AvgIpc) is 3.40. The van der Waals surface area contributed by atoms with E-state index >= 15 is 0 Å². The standard InChI is InChI=1S/C27H26Cl2N4O2/c28-20-7-9-24(23(29)15-20)31-27(35)30-21-8-10-25(22(16-21)26(34)32-12-3-4-13-32)33-14-11-18-5-1-2-6-19(18)17-33/h1-2,5-10,15-16H,3-4,11-14,17H2,(H2,30,31,35). The number of likely N-dealkylation sites (tertiary alicyclic amines) is 1. The Morgan fingerprint density at radius 2 is 1.60 bits per heavy atom. The molecule has 1 fully saturated rings. The van der Waals surface area contributed by atoms with Crippen LogP contribution in [0, 0.1) is 0 Å². The third-order valence-corrected chi connectivity index (χ3v) is 7.08. The van der Waals surface area contributed by atoms with Gasteiger partial charge in [-0.15, -0.1) is 0 Å². The van der Waals surface area contributed by atoms with Gasteiger partial charge in [0.15, 0.2) is 0 Å². The zero-order valence-electron chi connectivity index (χ0n) is 19.2. The van der Waals surface area contributed by atoms with Crippen molar-refractivity contribution in [3.05, 3.63) is 87.4 Å². The molecule has 6 nitrogen and oxygen atoms in total. The van der Waals surface area contributed by atoms with Gasteiger partial charge in [-0.05, 0) is 66.8 Å². The van der Waals surface area contributed by atoms with Crippen LogP contribution in [0.1, 0.15) is 34.3 Å². The maximum absolute atomic E-state index is 13.5. The third kappa shape index (κ3) is 5.24. The van der Waals surface area contributed by atoms with E-state index in [0.29, 0.717) is 27.0 Å². The number of halogens is 2. The first-order chi connectivity index (χ1) is 17.0. The van der Waals surface area contributed by atoms with E-state index in [-0.39, 0.29) is 5.91 Å². The van der Waals surface area contributed by atoms with Crippen LogP contribution in [0.5, 0.6) is 0 Å². The van der Waals surface area contributed by atoms with Gasteiger partial charge in [-0.25, -0.2) is 4.79 Å². The fourth-order valence-corrected chi connectivity index (χ4v) is 5.18. The lowest BCUT2D eigenvalue weighted by molar-refractivity contribution is 0.0793. The minimum Gasteiger partial charge on any atom is -0.366 e. The maximum Gasteiger partial charge on any atom is 0.323 e. The Hall–Kier alpha value is -3.22. The van der Waals surface area contributed by atoms with Gasteiger partial charge in [0.05, 0.1) is 16.3 Å². The van der Waals surface area contributed by atoms with Gasteiger partial charge in [-0.3, -0.25) is 4.79 Å². The summed E-state index contributed by atoms with van der Waals surface area (Å²) in [6.07, 6.45) is 2.96. The Morgan fingerprint density at radius 1 is 0.829 bits per heavy atom. The highest BCUT2D eigenvalue weighted by molar-refractivity contribution is 6.36. The molecule has 3 aromatic carbocycles. The summed E-state index contributed by atoms with van der Waals surface area (Å²) in [5, 5.41) is 6.40. The number of carbonyl (C=O) groups is 2. The number of fused-ring (bicyclic) bond motifs is 1. The molecule has 0 atom stereocenters. The summed E-state index contributed by atoms with van der Waals surface area (Å²) in [6.45, 7) is 3.10. The van der Waals surface area contributed by atoms with E-state index in [2.05, 4.69) is 39.8 Å². The van der Waals surface area contributed by atoms with E-state index in [1.54, 1.807) is 24.3 Å². The van der Waals surface area contributed by atoms with Crippen LogP contribution in [0.25, 0.3) is 0 Å². The molecule has 2 heterocycles. The number of nitrogens with one attached hydrogen (secondary N) is 2. The second kappa shape index (κ2) is 10.2. The van der Waals surface area contributed by atoms with Crippen molar-refractivity contribution in [1.29, 1.82) is 0 Å². The molecular weight excluding hydrogens is 483 g/mol. The summed E-state index contributed by atoms with van der Waals surface area (Å²) < 4.78 is 0. The zero-order valence-corrected chi connectivity index (χ0v) is 20.7. The van der Waals surface area contributed by atoms with Gasteiger partial charge >= 0.3 is 6.03 Å². The summed E-state index contributed by atoms with van der Waals surface area (Å²) >= 11 is 12.1. The molecule has 1 saturated heterocycles. The van der Waals surface area contributed by atoms with Crippen LogP contribution < -0.4 is 15.5 Å². The van der Waals surface area contributed by atoms with E-state index in [0.717, 1.165) is 51.1 Å². The van der Waals surface area contributed by atoms with E-state index in [4.69, 9.17) is 23.2 Å². The molecule has 0 unspecified atom stereocenters. The van der Waals surface area contributed by atoms with Gasteiger partial charge in [0.2, 0.25) is 0 Å². The van der Waals surface area contributed by atoms with Crippen LogP contribution in [0.2, 0.25) is 10.0 Å². The highest BCUT2D eigenvalue weighted by Gasteiger charge is 2.26. The Labute approximate surface area is 214 Å². The average molecular weight is 509 g/mol. The van der Waals surface area contributed by atoms with Crippen molar-refractivity contribution < 1.29 is 9.59 Å². The maximum atomic E-state index is 13.5. The largest absolute Gasteiger partial charge is 0.366 e. The molecule has 3 amide bonds. The van der Waals surface area contributed by atoms with Gasteiger partial charge in [0.25, 0.3) is 5.91 Å². The van der Waals surface area contributed by atoms with Gasteiger partial charge in [-0.2, -0.15) is 0 Å². The molecule has 0 aromatic heterocycles. The minimum atomic E-state index is -0.451. The zero-order chi connectivity index (χ0) is 24.4. The molecule has 0 radical (unpaired) electrons. The molecule has 3 aromatic rings. The molecule has 180 valence electrons. The molecule has 0 aliphatic carbocycles. The fourth-order valence-electron chi connectivity index (χ4n) is 4.73. The summed E-state index contributed by atoms with van der Waals surface area (Å²) in [6, 6.07) is 18.4. The Bertz CT molecular complexity index is 1270. The predicted molar refractivity (Wildman–Crippen MR) is 142 cm³/mol. The van der Waals surface area contributed by atoms with Crippen LogP contribution in [-0.4, -0.2) is 36.5 Å². The second-order valence-corrected chi connectivity index (χ2v) is 9.72. The lowest BCUT2D eigenvalue weighted by Gasteiger charge is -2.33. The topological polar surface area (TPSA) is 64.7 Å². The van der Waals surface area contributed by atoms with Crippen molar-refractivity contribution in [3.8, 4) is 0 Å². The monoisotopic (exact) mass is 508 g/mol. The van der Waals surface area contributed by atoms with Gasteiger partial charge in [-0.1, -0.05) is 47.5 Å². The second-order valence-electron chi connectivity index (χ2n) is 8.87. The number of hydrogen-bond acceptors (Lipinski definition) is 3.